The second-order valence-corrected chi connectivity index (χ2v) is 4.86. The molecule has 0 spiro atoms. The molecule has 2 N–H and O–H groups in total. The SMILES string of the molecule is COc1ccc(OC)c(C(N)Cn2cccc(C)c2=O)c1. The van der Waals surface area contributed by atoms with Crippen molar-refractivity contribution >= 4 is 0 Å². The van der Waals surface area contributed by atoms with Gasteiger partial charge >= 0.3 is 0 Å². The van der Waals surface area contributed by atoms with Crippen LogP contribution in [-0.4, -0.2) is 18.8 Å². The van der Waals surface area contributed by atoms with E-state index >= 15 is 0 Å². The van der Waals surface area contributed by atoms with Crippen molar-refractivity contribution in [2.75, 3.05) is 14.2 Å². The van der Waals surface area contributed by atoms with E-state index in [1.54, 1.807) is 38.0 Å². The van der Waals surface area contributed by atoms with Gasteiger partial charge in [0.2, 0.25) is 0 Å². The molecule has 0 saturated carbocycles. The van der Waals surface area contributed by atoms with E-state index in [4.69, 9.17) is 15.2 Å². The summed E-state index contributed by atoms with van der Waals surface area (Å²) in [6.45, 7) is 2.17. The second-order valence-electron chi connectivity index (χ2n) is 4.86. The molecule has 21 heavy (non-hydrogen) atoms. The Bertz CT molecular complexity index is 679. The zero-order chi connectivity index (χ0) is 15.4. The van der Waals surface area contributed by atoms with Crippen LogP contribution in [0.1, 0.15) is 17.2 Å². The first-order valence-corrected chi connectivity index (χ1v) is 6.70. The summed E-state index contributed by atoms with van der Waals surface area (Å²) in [4.78, 5) is 12.1. The van der Waals surface area contributed by atoms with E-state index in [0.717, 1.165) is 5.56 Å². The van der Waals surface area contributed by atoms with Crippen LogP contribution < -0.4 is 20.8 Å². The molecule has 0 radical (unpaired) electrons. The summed E-state index contributed by atoms with van der Waals surface area (Å²) in [6.07, 6.45) is 1.74. The molecule has 1 atom stereocenters. The Kier molecular flexibility index (Phi) is 4.65. The highest BCUT2D eigenvalue weighted by atomic mass is 16.5. The van der Waals surface area contributed by atoms with Crippen molar-refractivity contribution in [3.05, 3.63) is 58.0 Å². The van der Waals surface area contributed by atoms with Crippen LogP contribution in [0.5, 0.6) is 11.5 Å². The average molecular weight is 288 g/mol. The number of hydrogen-bond acceptors (Lipinski definition) is 4. The molecular formula is C16H20N2O3. The number of nitrogens with two attached hydrogens (primary N) is 1. The van der Waals surface area contributed by atoms with E-state index in [1.807, 2.05) is 24.3 Å². The number of benzene rings is 1. The molecule has 0 aliphatic carbocycles. The van der Waals surface area contributed by atoms with Crippen molar-refractivity contribution in [3.8, 4) is 11.5 Å². The monoisotopic (exact) mass is 288 g/mol. The molecule has 1 heterocycles. The van der Waals surface area contributed by atoms with Gasteiger partial charge in [0, 0.05) is 23.9 Å². The Morgan fingerprint density at radius 3 is 2.67 bits per heavy atom. The molecule has 5 heteroatoms. The van der Waals surface area contributed by atoms with Crippen molar-refractivity contribution in [1.82, 2.24) is 4.57 Å². The molecule has 0 aliphatic rings. The van der Waals surface area contributed by atoms with Gasteiger partial charge in [-0.15, -0.1) is 0 Å². The minimum Gasteiger partial charge on any atom is -0.497 e. The minimum absolute atomic E-state index is 0.0326. The van der Waals surface area contributed by atoms with E-state index in [9.17, 15) is 4.79 Å². The summed E-state index contributed by atoms with van der Waals surface area (Å²) in [7, 11) is 3.19. The lowest BCUT2D eigenvalue weighted by Crippen LogP contribution is -2.27. The van der Waals surface area contributed by atoms with Crippen LogP contribution in [0.2, 0.25) is 0 Å². The molecular weight excluding hydrogens is 268 g/mol. The van der Waals surface area contributed by atoms with Gasteiger partial charge in [-0.05, 0) is 31.2 Å². The van der Waals surface area contributed by atoms with Crippen LogP contribution in [0.4, 0.5) is 0 Å². The van der Waals surface area contributed by atoms with Gasteiger partial charge < -0.3 is 19.8 Å². The number of methoxy groups -OCH3 is 2. The Labute approximate surface area is 123 Å². The minimum atomic E-state index is -0.366. The smallest absolute Gasteiger partial charge is 0.253 e. The maximum atomic E-state index is 12.1. The van der Waals surface area contributed by atoms with Crippen LogP contribution in [-0.2, 0) is 6.54 Å². The first kappa shape index (κ1) is 15.1. The normalized spacial score (nSPS) is 12.0. The number of pyridine rings is 1. The van der Waals surface area contributed by atoms with Gasteiger partial charge in [-0.1, -0.05) is 6.07 Å². The maximum Gasteiger partial charge on any atom is 0.253 e. The average Bonchev–Trinajstić information content (AvgIpc) is 2.51. The Hall–Kier alpha value is -2.27. The Morgan fingerprint density at radius 1 is 1.24 bits per heavy atom. The van der Waals surface area contributed by atoms with Crippen LogP contribution in [0.25, 0.3) is 0 Å². The van der Waals surface area contributed by atoms with Crippen molar-refractivity contribution in [1.29, 1.82) is 0 Å². The van der Waals surface area contributed by atoms with Crippen molar-refractivity contribution < 1.29 is 9.47 Å². The highest BCUT2D eigenvalue weighted by molar-refractivity contribution is 5.42. The molecule has 0 amide bonds. The van der Waals surface area contributed by atoms with Crippen LogP contribution in [0.3, 0.4) is 0 Å². The summed E-state index contributed by atoms with van der Waals surface area (Å²) in [6, 6.07) is 8.73. The number of aromatic nitrogens is 1. The molecule has 5 nitrogen and oxygen atoms in total. The quantitative estimate of drug-likeness (QED) is 0.912. The fourth-order valence-corrected chi connectivity index (χ4v) is 2.24. The standard InChI is InChI=1S/C16H20N2O3/c1-11-5-4-8-18(16(11)19)10-14(17)13-9-12(20-2)6-7-15(13)21-3/h4-9,14H,10,17H2,1-3H3. The third kappa shape index (κ3) is 3.25. The highest BCUT2D eigenvalue weighted by Gasteiger charge is 2.14. The summed E-state index contributed by atoms with van der Waals surface area (Å²) in [5, 5.41) is 0. The van der Waals surface area contributed by atoms with Crippen molar-refractivity contribution in [2.45, 2.75) is 19.5 Å². The van der Waals surface area contributed by atoms with Gasteiger partial charge in [-0.2, -0.15) is 0 Å². The fourth-order valence-electron chi connectivity index (χ4n) is 2.24. The van der Waals surface area contributed by atoms with Crippen LogP contribution >= 0.6 is 0 Å². The summed E-state index contributed by atoms with van der Waals surface area (Å²) in [5.74, 6) is 1.39. The van der Waals surface area contributed by atoms with Gasteiger partial charge in [0.25, 0.3) is 5.56 Å². The Morgan fingerprint density at radius 2 is 2.00 bits per heavy atom. The lowest BCUT2D eigenvalue weighted by atomic mass is 10.1. The molecule has 1 unspecified atom stereocenters. The molecule has 0 aliphatic heterocycles. The first-order chi connectivity index (χ1) is 10.1. The molecule has 2 rings (SSSR count). The number of rotatable bonds is 5. The molecule has 2 aromatic rings. The number of nitrogens with zero attached hydrogens (tertiary/aromatic N) is 1. The zero-order valence-electron chi connectivity index (χ0n) is 12.5. The van der Waals surface area contributed by atoms with Gasteiger partial charge in [0.05, 0.1) is 20.3 Å². The molecule has 112 valence electrons. The summed E-state index contributed by atoms with van der Waals surface area (Å²) < 4.78 is 12.2. The predicted octanol–water partition coefficient (Wildman–Crippen LogP) is 1.87. The van der Waals surface area contributed by atoms with E-state index in [-0.39, 0.29) is 11.6 Å². The molecule has 0 saturated heterocycles. The number of aryl methyl sites for hydroxylation is 1. The number of hydrogen-bond donors (Lipinski definition) is 1. The topological polar surface area (TPSA) is 66.5 Å². The molecule has 1 aromatic heterocycles. The zero-order valence-corrected chi connectivity index (χ0v) is 12.5. The van der Waals surface area contributed by atoms with Crippen molar-refractivity contribution in [2.24, 2.45) is 5.73 Å². The van der Waals surface area contributed by atoms with E-state index in [0.29, 0.717) is 23.6 Å². The first-order valence-electron chi connectivity index (χ1n) is 6.70. The van der Waals surface area contributed by atoms with E-state index in [2.05, 4.69) is 0 Å². The Balaban J connectivity index is 2.33. The van der Waals surface area contributed by atoms with Gasteiger partial charge in [-0.25, -0.2) is 0 Å². The molecule has 1 aromatic carbocycles. The summed E-state index contributed by atoms with van der Waals surface area (Å²) in [5.41, 5.74) is 7.73. The second kappa shape index (κ2) is 6.45. The van der Waals surface area contributed by atoms with E-state index in [1.165, 1.54) is 0 Å². The number of ether oxygens (including phenoxy) is 2. The largest absolute Gasteiger partial charge is 0.497 e. The van der Waals surface area contributed by atoms with E-state index < -0.39 is 0 Å². The van der Waals surface area contributed by atoms with Gasteiger partial charge in [0.15, 0.2) is 0 Å². The lowest BCUT2D eigenvalue weighted by Gasteiger charge is -2.18. The predicted molar refractivity (Wildman–Crippen MR) is 81.9 cm³/mol. The third-order valence-corrected chi connectivity index (χ3v) is 3.44. The lowest BCUT2D eigenvalue weighted by molar-refractivity contribution is 0.392. The third-order valence-electron chi connectivity index (χ3n) is 3.44. The van der Waals surface area contributed by atoms with Crippen molar-refractivity contribution in [3.63, 3.8) is 0 Å². The molecule has 0 bridgehead atoms. The summed E-state index contributed by atoms with van der Waals surface area (Å²) >= 11 is 0. The van der Waals surface area contributed by atoms with Crippen LogP contribution in [0, 0.1) is 6.92 Å². The maximum absolute atomic E-state index is 12.1. The van der Waals surface area contributed by atoms with Gasteiger partial charge in [-0.3, -0.25) is 4.79 Å². The molecule has 0 fully saturated rings. The van der Waals surface area contributed by atoms with Gasteiger partial charge in [0.1, 0.15) is 11.5 Å². The fraction of sp³-hybridized carbons (Fsp3) is 0.312. The highest BCUT2D eigenvalue weighted by Crippen LogP contribution is 2.28. The van der Waals surface area contributed by atoms with Crippen LogP contribution in [0.15, 0.2) is 41.3 Å².